The summed E-state index contributed by atoms with van der Waals surface area (Å²) in [5, 5.41) is 12.8. The van der Waals surface area contributed by atoms with Gasteiger partial charge in [0.2, 0.25) is 0 Å². The number of amides is 2. The highest BCUT2D eigenvalue weighted by Crippen LogP contribution is 2.26. The molecule has 112 valence electrons. The van der Waals surface area contributed by atoms with Crippen LogP contribution in [-0.2, 0) is 6.54 Å². The third-order valence-electron chi connectivity index (χ3n) is 4.05. The molecule has 0 bridgehead atoms. The molecule has 1 aliphatic rings. The van der Waals surface area contributed by atoms with Crippen LogP contribution >= 0.6 is 11.3 Å². The molecule has 2 amide bonds. The van der Waals surface area contributed by atoms with Gasteiger partial charge in [0, 0.05) is 35.8 Å². The van der Waals surface area contributed by atoms with Crippen LogP contribution in [-0.4, -0.2) is 35.7 Å². The van der Waals surface area contributed by atoms with E-state index in [1.165, 1.54) is 15.3 Å². The number of rotatable bonds is 4. The maximum atomic E-state index is 12.1. The molecule has 0 saturated heterocycles. The van der Waals surface area contributed by atoms with Crippen LogP contribution in [0.1, 0.15) is 34.6 Å². The number of carbonyl (C=O) groups is 1. The van der Waals surface area contributed by atoms with Gasteiger partial charge >= 0.3 is 6.03 Å². The number of urea groups is 1. The first kappa shape index (κ1) is 15.3. The second kappa shape index (κ2) is 6.59. The van der Waals surface area contributed by atoms with Crippen molar-refractivity contribution in [1.29, 1.82) is 0 Å². The highest BCUT2D eigenvalue weighted by molar-refractivity contribution is 7.12. The number of hydrogen-bond acceptors (Lipinski definition) is 3. The molecule has 0 radical (unpaired) electrons. The van der Waals surface area contributed by atoms with Gasteiger partial charge in [-0.15, -0.1) is 11.3 Å². The van der Waals surface area contributed by atoms with E-state index in [1.54, 1.807) is 23.3 Å². The van der Waals surface area contributed by atoms with E-state index in [4.69, 9.17) is 0 Å². The second-order valence-corrected chi connectivity index (χ2v) is 7.20. The average Bonchev–Trinajstić information content (AvgIpc) is 2.93. The van der Waals surface area contributed by atoms with Gasteiger partial charge in [-0.2, -0.15) is 0 Å². The standard InChI is InChI=1S/C15H24N2O2S/c1-10-7-13(11(2)20-10)8-16-15(19)17(3)9-12-5-4-6-14(12)18/h7,12,14,18H,4-6,8-9H2,1-3H3,(H,16,19)/t12-,14+/m1/s1. The van der Waals surface area contributed by atoms with E-state index in [-0.39, 0.29) is 18.1 Å². The largest absolute Gasteiger partial charge is 0.393 e. The predicted octanol–water partition coefficient (Wildman–Crippen LogP) is 2.67. The topological polar surface area (TPSA) is 52.6 Å². The fourth-order valence-corrected chi connectivity index (χ4v) is 3.78. The maximum Gasteiger partial charge on any atom is 0.317 e. The lowest BCUT2D eigenvalue weighted by atomic mass is 10.1. The van der Waals surface area contributed by atoms with Crippen molar-refractivity contribution >= 4 is 17.4 Å². The first-order valence-corrected chi connectivity index (χ1v) is 8.02. The maximum absolute atomic E-state index is 12.1. The number of aliphatic hydroxyl groups excluding tert-OH is 1. The molecule has 0 spiro atoms. The fraction of sp³-hybridized carbons (Fsp3) is 0.667. The summed E-state index contributed by atoms with van der Waals surface area (Å²) in [6, 6.07) is 2.06. The van der Waals surface area contributed by atoms with Crippen molar-refractivity contribution in [2.45, 2.75) is 45.8 Å². The molecule has 1 aliphatic carbocycles. The Morgan fingerprint density at radius 3 is 2.80 bits per heavy atom. The summed E-state index contributed by atoms with van der Waals surface area (Å²) in [5.41, 5.74) is 1.19. The number of thiophene rings is 1. The van der Waals surface area contributed by atoms with Crippen molar-refractivity contribution in [3.8, 4) is 0 Å². The number of aliphatic hydroxyl groups is 1. The predicted molar refractivity (Wildman–Crippen MR) is 82.0 cm³/mol. The van der Waals surface area contributed by atoms with Crippen LogP contribution in [0.2, 0.25) is 0 Å². The number of nitrogens with one attached hydrogen (secondary N) is 1. The third-order valence-corrected chi connectivity index (χ3v) is 5.06. The highest BCUT2D eigenvalue weighted by Gasteiger charge is 2.27. The molecule has 1 fully saturated rings. The summed E-state index contributed by atoms with van der Waals surface area (Å²) in [5.74, 6) is 0.232. The molecule has 0 unspecified atom stereocenters. The van der Waals surface area contributed by atoms with Crippen LogP contribution in [0, 0.1) is 19.8 Å². The van der Waals surface area contributed by atoms with Gasteiger partial charge in [-0.05, 0) is 38.3 Å². The zero-order chi connectivity index (χ0) is 14.7. The van der Waals surface area contributed by atoms with Gasteiger partial charge in [0.15, 0.2) is 0 Å². The van der Waals surface area contributed by atoms with E-state index in [0.717, 1.165) is 19.3 Å². The van der Waals surface area contributed by atoms with Crippen LogP contribution in [0.4, 0.5) is 4.79 Å². The molecule has 1 saturated carbocycles. The van der Waals surface area contributed by atoms with E-state index >= 15 is 0 Å². The lowest BCUT2D eigenvalue weighted by molar-refractivity contribution is 0.114. The highest BCUT2D eigenvalue weighted by atomic mass is 32.1. The molecule has 1 aromatic heterocycles. The SMILES string of the molecule is Cc1cc(CNC(=O)N(C)C[C@H]2CCC[C@@H]2O)c(C)s1. The summed E-state index contributed by atoms with van der Waals surface area (Å²) >= 11 is 1.76. The van der Waals surface area contributed by atoms with E-state index in [0.29, 0.717) is 13.1 Å². The van der Waals surface area contributed by atoms with Gasteiger partial charge < -0.3 is 15.3 Å². The zero-order valence-corrected chi connectivity index (χ0v) is 13.3. The minimum Gasteiger partial charge on any atom is -0.393 e. The van der Waals surface area contributed by atoms with Gasteiger partial charge in [-0.3, -0.25) is 0 Å². The van der Waals surface area contributed by atoms with Crippen molar-refractivity contribution in [1.82, 2.24) is 10.2 Å². The van der Waals surface area contributed by atoms with Crippen LogP contribution in [0.15, 0.2) is 6.07 Å². The Bertz CT molecular complexity index is 472. The number of hydrogen-bond donors (Lipinski definition) is 2. The molecule has 2 rings (SSSR count). The smallest absolute Gasteiger partial charge is 0.317 e. The summed E-state index contributed by atoms with van der Waals surface area (Å²) in [7, 11) is 1.80. The lowest BCUT2D eigenvalue weighted by Crippen LogP contribution is -2.40. The molecule has 2 N–H and O–H groups in total. The number of nitrogens with zero attached hydrogens (tertiary/aromatic N) is 1. The van der Waals surface area contributed by atoms with E-state index < -0.39 is 0 Å². The van der Waals surface area contributed by atoms with Gasteiger partial charge in [0.1, 0.15) is 0 Å². The van der Waals surface area contributed by atoms with Crippen LogP contribution in [0.3, 0.4) is 0 Å². The minimum atomic E-state index is -0.244. The Kier molecular flexibility index (Phi) is 5.05. The summed E-state index contributed by atoms with van der Waals surface area (Å²) < 4.78 is 0. The monoisotopic (exact) mass is 296 g/mol. The van der Waals surface area contributed by atoms with Gasteiger partial charge in [0.25, 0.3) is 0 Å². The molecule has 0 aromatic carbocycles. The molecular weight excluding hydrogens is 272 g/mol. The van der Waals surface area contributed by atoms with Crippen molar-refractivity contribution in [3.05, 3.63) is 21.4 Å². The molecule has 1 aromatic rings. The Morgan fingerprint density at radius 1 is 1.50 bits per heavy atom. The van der Waals surface area contributed by atoms with Gasteiger partial charge in [-0.25, -0.2) is 4.79 Å². The molecule has 20 heavy (non-hydrogen) atoms. The van der Waals surface area contributed by atoms with Gasteiger partial charge in [-0.1, -0.05) is 6.42 Å². The van der Waals surface area contributed by atoms with Gasteiger partial charge in [0.05, 0.1) is 6.10 Å². The molecule has 4 nitrogen and oxygen atoms in total. The average molecular weight is 296 g/mol. The number of carbonyl (C=O) groups excluding carboxylic acids is 1. The van der Waals surface area contributed by atoms with Crippen molar-refractivity contribution < 1.29 is 9.90 Å². The zero-order valence-electron chi connectivity index (χ0n) is 12.5. The third kappa shape index (κ3) is 3.73. The summed E-state index contributed by atoms with van der Waals surface area (Å²) in [4.78, 5) is 16.3. The molecule has 1 heterocycles. The fourth-order valence-electron chi connectivity index (χ4n) is 2.83. The number of aryl methyl sites for hydroxylation is 2. The Labute approximate surface area is 124 Å². The van der Waals surface area contributed by atoms with Crippen LogP contribution in [0.25, 0.3) is 0 Å². The molecule has 0 aliphatic heterocycles. The normalized spacial score (nSPS) is 22.0. The van der Waals surface area contributed by atoms with Crippen molar-refractivity contribution in [2.75, 3.05) is 13.6 Å². The summed E-state index contributed by atoms with van der Waals surface area (Å²) in [6.07, 6.45) is 2.70. The Balaban J connectivity index is 1.80. The molecule has 2 atom stereocenters. The van der Waals surface area contributed by atoms with Crippen molar-refractivity contribution in [3.63, 3.8) is 0 Å². The Morgan fingerprint density at radius 2 is 2.25 bits per heavy atom. The lowest BCUT2D eigenvalue weighted by Gasteiger charge is -2.23. The van der Waals surface area contributed by atoms with Crippen LogP contribution < -0.4 is 5.32 Å². The second-order valence-electron chi connectivity index (χ2n) is 5.74. The first-order chi connectivity index (χ1) is 9.47. The van der Waals surface area contributed by atoms with E-state index in [9.17, 15) is 9.90 Å². The van der Waals surface area contributed by atoms with E-state index in [2.05, 4.69) is 25.2 Å². The Hall–Kier alpha value is -1.07. The molecule has 5 heteroatoms. The van der Waals surface area contributed by atoms with Crippen molar-refractivity contribution in [2.24, 2.45) is 5.92 Å². The first-order valence-electron chi connectivity index (χ1n) is 7.20. The van der Waals surface area contributed by atoms with E-state index in [1.807, 2.05) is 0 Å². The quantitative estimate of drug-likeness (QED) is 0.897. The van der Waals surface area contributed by atoms with Crippen LogP contribution in [0.5, 0.6) is 0 Å². The molecular formula is C15H24N2O2S. The summed E-state index contributed by atoms with van der Waals surface area (Å²) in [6.45, 7) is 5.37. The minimum absolute atomic E-state index is 0.0626.